The van der Waals surface area contributed by atoms with E-state index in [9.17, 15) is 0 Å². The number of H-pyrrole nitrogens is 1. The molecule has 0 atom stereocenters. The van der Waals surface area contributed by atoms with E-state index >= 15 is 0 Å². The van der Waals surface area contributed by atoms with Crippen molar-refractivity contribution in [1.82, 2.24) is 59.0 Å². The van der Waals surface area contributed by atoms with Gasteiger partial charge in [0.15, 0.2) is 11.6 Å². The molecule has 6 aromatic heterocycles. The van der Waals surface area contributed by atoms with Gasteiger partial charge < -0.3 is 22.2 Å². The van der Waals surface area contributed by atoms with E-state index in [4.69, 9.17) is 63.6 Å². The largest absolute Gasteiger partial charge is 0.399 e. The first-order valence-electron chi connectivity index (χ1n) is 14.9. The lowest BCUT2D eigenvalue weighted by atomic mass is 10.3. The molecule has 0 aliphatic rings. The fourth-order valence-electron chi connectivity index (χ4n) is 4.59. The fourth-order valence-corrected chi connectivity index (χ4v) is 5.21. The number of nitrogens with two attached hydrogens (primary N) is 3. The van der Waals surface area contributed by atoms with Gasteiger partial charge in [-0.05, 0) is 54.6 Å². The maximum atomic E-state index is 5.81. The lowest BCUT2D eigenvalue weighted by molar-refractivity contribution is 0.996. The van der Waals surface area contributed by atoms with Gasteiger partial charge in [0.1, 0.15) is 33.3 Å². The normalized spacial score (nSPS) is 10.5. The molecule has 0 fully saturated rings. The number of nitrogens with zero attached hydrogens (tertiary/aromatic N) is 11. The van der Waals surface area contributed by atoms with Crippen LogP contribution in [0.3, 0.4) is 0 Å². The van der Waals surface area contributed by atoms with Crippen LogP contribution in [0.4, 0.5) is 17.1 Å². The zero-order valence-corrected chi connectivity index (χ0v) is 29.6. The topological polar surface area (TPSA) is 220 Å². The van der Waals surface area contributed by atoms with Gasteiger partial charge in [-0.25, -0.2) is 29.9 Å². The van der Waals surface area contributed by atoms with Crippen molar-refractivity contribution in [1.29, 1.82) is 0 Å². The van der Waals surface area contributed by atoms with Crippen molar-refractivity contribution < 1.29 is 0 Å². The molecule has 0 spiro atoms. The Morgan fingerprint density at radius 3 is 1.58 bits per heavy atom. The summed E-state index contributed by atoms with van der Waals surface area (Å²) in [4.78, 5) is 39.2. The van der Waals surface area contributed by atoms with Crippen LogP contribution in [0, 0.1) is 0 Å². The monoisotopic (exact) mass is 771 g/mol. The van der Waals surface area contributed by atoms with Crippen molar-refractivity contribution >= 4 is 96.6 Å². The molecular weight excluding hydrogens is 748 g/mol. The Morgan fingerprint density at radius 2 is 0.981 bits per heavy atom. The number of anilines is 3. The summed E-state index contributed by atoms with van der Waals surface area (Å²) in [5, 5.41) is 1.32. The maximum absolute atomic E-state index is 5.81. The molecule has 0 amide bonds. The number of nitrogens with one attached hydrogen (secondary N) is 1. The van der Waals surface area contributed by atoms with Gasteiger partial charge in [0.05, 0.1) is 76.6 Å². The molecule has 9 rings (SSSR count). The second-order valence-electron chi connectivity index (χ2n) is 10.5. The van der Waals surface area contributed by atoms with Gasteiger partial charge in [-0.15, -0.1) is 0 Å². The highest BCUT2D eigenvalue weighted by atomic mass is 35.5. The Labute approximate surface area is 314 Å². The van der Waals surface area contributed by atoms with E-state index in [-0.39, 0.29) is 0 Å². The molecule has 7 N–H and O–H groups in total. The van der Waals surface area contributed by atoms with Crippen molar-refractivity contribution in [3.05, 3.63) is 131 Å². The summed E-state index contributed by atoms with van der Waals surface area (Å²) >= 11 is 22.4. The highest BCUT2D eigenvalue weighted by Gasteiger charge is 2.08. The summed E-state index contributed by atoms with van der Waals surface area (Å²) in [6, 6.07) is 16.6. The van der Waals surface area contributed by atoms with Crippen LogP contribution < -0.4 is 17.2 Å². The summed E-state index contributed by atoms with van der Waals surface area (Å²) in [5.41, 5.74) is 24.5. The molecule has 52 heavy (non-hydrogen) atoms. The van der Waals surface area contributed by atoms with E-state index in [2.05, 4.69) is 49.8 Å². The van der Waals surface area contributed by atoms with Crippen molar-refractivity contribution in [3.63, 3.8) is 0 Å². The zero-order chi connectivity index (χ0) is 36.6. The van der Waals surface area contributed by atoms with Crippen LogP contribution in [0.25, 0.3) is 44.7 Å². The molecule has 0 aliphatic carbocycles. The Morgan fingerprint density at radius 1 is 0.481 bits per heavy atom. The third kappa shape index (κ3) is 8.96. The molecule has 0 bridgehead atoms. The average Bonchev–Trinajstić information content (AvgIpc) is 3.87. The van der Waals surface area contributed by atoms with Crippen LogP contribution in [0.2, 0.25) is 20.6 Å². The number of aromatic nitrogens is 12. The van der Waals surface area contributed by atoms with Crippen LogP contribution in [0.15, 0.2) is 111 Å². The summed E-state index contributed by atoms with van der Waals surface area (Å²) in [5.74, 6) is 1.25. The van der Waals surface area contributed by atoms with Crippen LogP contribution in [0.5, 0.6) is 0 Å². The molecule has 0 aliphatic heterocycles. The minimum absolute atomic E-state index is 0.317. The minimum atomic E-state index is 0.317. The van der Waals surface area contributed by atoms with Crippen LogP contribution in [-0.4, -0.2) is 59.0 Å². The number of hydrogen-bond acceptors (Lipinski definition) is 12. The first-order chi connectivity index (χ1) is 25.1. The van der Waals surface area contributed by atoms with Gasteiger partial charge in [0.2, 0.25) is 0 Å². The molecule has 6 heterocycles. The molecule has 0 radical (unpaired) electrons. The molecular formula is C33H25Cl4N15. The molecule has 0 saturated carbocycles. The van der Waals surface area contributed by atoms with E-state index < -0.39 is 0 Å². The highest BCUT2D eigenvalue weighted by molar-refractivity contribution is 6.32. The smallest absolute Gasteiger partial charge is 0.158 e. The van der Waals surface area contributed by atoms with Gasteiger partial charge in [-0.1, -0.05) is 46.4 Å². The quantitative estimate of drug-likeness (QED) is 0.130. The van der Waals surface area contributed by atoms with Crippen molar-refractivity contribution in [2.75, 3.05) is 17.2 Å². The standard InChI is InChI=1S/2C11H8ClN5.C7H7N3.C4H2Cl2N2/c12-10-4-14-5-11(16-10)17-6-15-8-3-7(13)1-2-9(8)17;12-10-4-14-5-11(16-10)17-6-15-8-2-1-7(13)3-9(8)17;8-5-1-2-6-7(3-5)10-4-9-6;5-3-1-7-2-4(6)8-3/h2*1-6H,13H2;1-4H,8H2,(H,9,10);1-2H. The van der Waals surface area contributed by atoms with Crippen molar-refractivity contribution in [3.8, 4) is 11.6 Å². The molecule has 0 saturated heterocycles. The lowest BCUT2D eigenvalue weighted by Crippen LogP contribution is -1.97. The van der Waals surface area contributed by atoms with E-state index in [1.165, 1.54) is 24.8 Å². The van der Waals surface area contributed by atoms with Gasteiger partial charge >= 0.3 is 0 Å². The van der Waals surface area contributed by atoms with Crippen molar-refractivity contribution in [2.45, 2.75) is 0 Å². The molecule has 15 nitrogen and oxygen atoms in total. The Balaban J connectivity index is 0.000000125. The Kier molecular flexibility index (Phi) is 11.2. The van der Waals surface area contributed by atoms with E-state index in [1.54, 1.807) is 35.9 Å². The third-order valence-corrected chi connectivity index (χ3v) is 7.57. The maximum Gasteiger partial charge on any atom is 0.158 e. The van der Waals surface area contributed by atoms with Gasteiger partial charge in [0.25, 0.3) is 0 Å². The van der Waals surface area contributed by atoms with Crippen LogP contribution in [0.1, 0.15) is 0 Å². The molecule has 3 aromatic carbocycles. The fraction of sp³-hybridized carbons (Fsp3) is 0. The number of fused-ring (bicyclic) bond motifs is 3. The van der Waals surface area contributed by atoms with Gasteiger partial charge in [-0.3, -0.25) is 24.1 Å². The van der Waals surface area contributed by atoms with Crippen LogP contribution in [-0.2, 0) is 0 Å². The molecule has 9 aromatic rings. The summed E-state index contributed by atoms with van der Waals surface area (Å²) in [6.07, 6.45) is 14.1. The summed E-state index contributed by atoms with van der Waals surface area (Å²) in [6.45, 7) is 0. The molecule has 260 valence electrons. The second-order valence-corrected chi connectivity index (χ2v) is 12.0. The number of hydrogen-bond donors (Lipinski definition) is 4. The number of aromatic amines is 1. The number of rotatable bonds is 2. The van der Waals surface area contributed by atoms with Crippen molar-refractivity contribution in [2.24, 2.45) is 0 Å². The number of imidazole rings is 3. The second kappa shape index (κ2) is 16.3. The van der Waals surface area contributed by atoms with E-state index in [1.807, 2.05) is 59.2 Å². The van der Waals surface area contributed by atoms with Gasteiger partial charge in [0, 0.05) is 17.1 Å². The minimum Gasteiger partial charge on any atom is -0.399 e. The summed E-state index contributed by atoms with van der Waals surface area (Å²) < 4.78 is 3.61. The predicted octanol–water partition coefficient (Wildman–Crippen LogP) is 7.03. The summed E-state index contributed by atoms with van der Waals surface area (Å²) in [7, 11) is 0. The third-order valence-electron chi connectivity index (χ3n) is 6.84. The van der Waals surface area contributed by atoms with Gasteiger partial charge in [-0.2, -0.15) is 0 Å². The number of nitrogen functional groups attached to an aromatic ring is 3. The first-order valence-corrected chi connectivity index (χ1v) is 16.4. The van der Waals surface area contributed by atoms with E-state index in [0.29, 0.717) is 43.6 Å². The average molecular weight is 773 g/mol. The number of halogens is 4. The highest BCUT2D eigenvalue weighted by Crippen LogP contribution is 2.21. The molecule has 19 heteroatoms. The van der Waals surface area contributed by atoms with Crippen LogP contribution >= 0.6 is 46.4 Å². The Bertz CT molecular complexity index is 2590. The van der Waals surface area contributed by atoms with E-state index in [0.717, 1.165) is 38.8 Å². The first kappa shape index (κ1) is 35.7. The lowest BCUT2D eigenvalue weighted by Gasteiger charge is -2.03. The zero-order valence-electron chi connectivity index (χ0n) is 26.6. The predicted molar refractivity (Wildman–Crippen MR) is 205 cm³/mol. The SMILES string of the molecule is Clc1cncc(Cl)n1.Nc1ccc2c(c1)ncn2-c1cncc(Cl)n1.Nc1ccc2nc[nH]c2c1.Nc1ccc2ncn(-c3cncc(Cl)n3)c2c1. The molecule has 0 unspecified atom stereocenters. The number of benzene rings is 3. The Hall–Kier alpha value is -6.13.